The number of nitrogens with one attached hydrogen (secondary N) is 1. The van der Waals surface area contributed by atoms with Crippen LogP contribution in [0.3, 0.4) is 0 Å². The van der Waals surface area contributed by atoms with Gasteiger partial charge in [-0.05, 0) is 31.2 Å². The van der Waals surface area contributed by atoms with Crippen LogP contribution in [-0.2, 0) is 9.53 Å². The van der Waals surface area contributed by atoms with Gasteiger partial charge in [-0.25, -0.2) is 0 Å². The summed E-state index contributed by atoms with van der Waals surface area (Å²) in [7, 11) is 0. The quantitative estimate of drug-likeness (QED) is 0.648. The second-order valence-corrected chi connectivity index (χ2v) is 5.81. The third kappa shape index (κ3) is 5.44. The molecule has 0 bridgehead atoms. The second kappa shape index (κ2) is 8.74. The molecule has 0 spiro atoms. The van der Waals surface area contributed by atoms with E-state index in [4.69, 9.17) is 4.74 Å². The molecule has 0 atom stereocenters. The lowest BCUT2D eigenvalue weighted by Gasteiger charge is -2.28. The number of thioether (sulfide) groups is 1. The van der Waals surface area contributed by atoms with Gasteiger partial charge in [-0.1, -0.05) is 12.2 Å². The number of nitrogens with zero attached hydrogens (tertiary/aromatic N) is 1. The van der Waals surface area contributed by atoms with Crippen molar-refractivity contribution >= 4 is 29.0 Å². The van der Waals surface area contributed by atoms with Gasteiger partial charge < -0.3 is 15.0 Å². The summed E-state index contributed by atoms with van der Waals surface area (Å²) >= 11 is 1.61. The standard InChI is InChI=1S/C16H22N2O2S/c1-2-3-12-21-13-16(19)17-14-4-6-15(7-5-14)18-8-10-20-11-9-18/h2-7H,8-13H2,1H3,(H,17,19). The zero-order valence-electron chi connectivity index (χ0n) is 12.4. The van der Waals surface area contributed by atoms with Crippen LogP contribution in [0.1, 0.15) is 6.92 Å². The topological polar surface area (TPSA) is 41.6 Å². The van der Waals surface area contributed by atoms with Crippen molar-refractivity contribution in [2.75, 3.05) is 48.0 Å². The molecular weight excluding hydrogens is 284 g/mol. The molecular formula is C16H22N2O2S. The lowest BCUT2D eigenvalue weighted by atomic mass is 10.2. The Bertz CT molecular complexity index is 468. The molecule has 4 nitrogen and oxygen atoms in total. The Morgan fingerprint density at radius 2 is 2.05 bits per heavy atom. The SMILES string of the molecule is CC=CCSCC(=O)Nc1ccc(N2CCOCC2)cc1. The number of carbonyl (C=O) groups excluding carboxylic acids is 1. The smallest absolute Gasteiger partial charge is 0.234 e. The van der Waals surface area contributed by atoms with Crippen LogP contribution in [0.2, 0.25) is 0 Å². The van der Waals surface area contributed by atoms with Crippen LogP contribution in [0.4, 0.5) is 11.4 Å². The van der Waals surface area contributed by atoms with Gasteiger partial charge in [0.15, 0.2) is 0 Å². The van der Waals surface area contributed by atoms with E-state index in [2.05, 4.69) is 16.3 Å². The molecule has 5 heteroatoms. The zero-order chi connectivity index (χ0) is 14.9. The third-order valence-corrected chi connectivity index (χ3v) is 4.10. The number of anilines is 2. The number of carbonyl (C=O) groups is 1. The second-order valence-electron chi connectivity index (χ2n) is 4.78. The van der Waals surface area contributed by atoms with Gasteiger partial charge in [0.2, 0.25) is 5.91 Å². The fourth-order valence-corrected chi connectivity index (χ4v) is 2.79. The number of amides is 1. The van der Waals surface area contributed by atoms with Crippen LogP contribution in [0.5, 0.6) is 0 Å². The van der Waals surface area contributed by atoms with E-state index in [1.54, 1.807) is 11.8 Å². The van der Waals surface area contributed by atoms with E-state index >= 15 is 0 Å². The average Bonchev–Trinajstić information content (AvgIpc) is 2.53. The Morgan fingerprint density at radius 1 is 1.33 bits per heavy atom. The first-order chi connectivity index (χ1) is 10.3. The van der Waals surface area contributed by atoms with Crippen molar-refractivity contribution in [3.63, 3.8) is 0 Å². The molecule has 1 aromatic rings. The molecule has 0 saturated carbocycles. The lowest BCUT2D eigenvalue weighted by molar-refractivity contribution is -0.113. The molecule has 1 heterocycles. The highest BCUT2D eigenvalue weighted by molar-refractivity contribution is 8.00. The Labute approximate surface area is 130 Å². The normalized spacial score (nSPS) is 15.4. The van der Waals surface area contributed by atoms with E-state index in [0.29, 0.717) is 5.75 Å². The van der Waals surface area contributed by atoms with E-state index in [9.17, 15) is 4.79 Å². The number of rotatable bonds is 6. The van der Waals surface area contributed by atoms with Gasteiger partial charge in [0.25, 0.3) is 0 Å². The lowest BCUT2D eigenvalue weighted by Crippen LogP contribution is -2.36. The molecule has 1 aliphatic heterocycles. The minimum absolute atomic E-state index is 0.0450. The number of hydrogen-bond acceptors (Lipinski definition) is 4. The molecule has 21 heavy (non-hydrogen) atoms. The molecule has 1 aromatic carbocycles. The van der Waals surface area contributed by atoms with Crippen molar-refractivity contribution in [2.24, 2.45) is 0 Å². The summed E-state index contributed by atoms with van der Waals surface area (Å²) in [5.41, 5.74) is 2.03. The molecule has 1 N–H and O–H groups in total. The fraction of sp³-hybridized carbons (Fsp3) is 0.438. The molecule has 1 fully saturated rings. The van der Waals surface area contributed by atoms with Crippen LogP contribution in [-0.4, -0.2) is 43.7 Å². The minimum atomic E-state index is 0.0450. The maximum Gasteiger partial charge on any atom is 0.234 e. The van der Waals surface area contributed by atoms with Crippen molar-refractivity contribution in [1.82, 2.24) is 0 Å². The maximum absolute atomic E-state index is 11.8. The zero-order valence-corrected chi connectivity index (χ0v) is 13.2. The van der Waals surface area contributed by atoms with Crippen molar-refractivity contribution < 1.29 is 9.53 Å². The predicted molar refractivity (Wildman–Crippen MR) is 90.2 cm³/mol. The first kappa shape index (κ1) is 15.9. The number of benzene rings is 1. The van der Waals surface area contributed by atoms with Gasteiger partial charge in [0.1, 0.15) is 0 Å². The maximum atomic E-state index is 11.8. The minimum Gasteiger partial charge on any atom is -0.378 e. The summed E-state index contributed by atoms with van der Waals surface area (Å²) in [6.45, 7) is 5.39. The Balaban J connectivity index is 1.80. The van der Waals surface area contributed by atoms with Crippen molar-refractivity contribution in [1.29, 1.82) is 0 Å². The molecule has 1 saturated heterocycles. The fourth-order valence-electron chi connectivity index (χ4n) is 2.09. The first-order valence-electron chi connectivity index (χ1n) is 7.21. The van der Waals surface area contributed by atoms with Crippen molar-refractivity contribution in [3.05, 3.63) is 36.4 Å². The molecule has 114 valence electrons. The number of hydrogen-bond donors (Lipinski definition) is 1. The van der Waals surface area contributed by atoms with Crippen molar-refractivity contribution in [2.45, 2.75) is 6.92 Å². The van der Waals surface area contributed by atoms with E-state index in [0.717, 1.165) is 37.7 Å². The van der Waals surface area contributed by atoms with Crippen LogP contribution < -0.4 is 10.2 Å². The van der Waals surface area contributed by atoms with Gasteiger partial charge in [0.05, 0.1) is 19.0 Å². The molecule has 1 amide bonds. The largest absolute Gasteiger partial charge is 0.378 e. The number of allylic oxidation sites excluding steroid dienone is 1. The molecule has 0 unspecified atom stereocenters. The van der Waals surface area contributed by atoms with E-state index in [-0.39, 0.29) is 5.91 Å². The average molecular weight is 306 g/mol. The highest BCUT2D eigenvalue weighted by atomic mass is 32.2. The number of morpholine rings is 1. The van der Waals surface area contributed by atoms with E-state index in [1.807, 2.05) is 37.3 Å². The van der Waals surface area contributed by atoms with Crippen LogP contribution in [0, 0.1) is 0 Å². The van der Waals surface area contributed by atoms with Crippen LogP contribution in [0.25, 0.3) is 0 Å². The van der Waals surface area contributed by atoms with Crippen molar-refractivity contribution in [3.8, 4) is 0 Å². The summed E-state index contributed by atoms with van der Waals surface area (Å²) < 4.78 is 5.35. The Hall–Kier alpha value is -1.46. The molecule has 0 aliphatic carbocycles. The monoisotopic (exact) mass is 306 g/mol. The first-order valence-corrected chi connectivity index (χ1v) is 8.36. The van der Waals surface area contributed by atoms with Crippen LogP contribution in [0.15, 0.2) is 36.4 Å². The van der Waals surface area contributed by atoms with Gasteiger partial charge in [-0.3, -0.25) is 4.79 Å². The van der Waals surface area contributed by atoms with Gasteiger partial charge in [0, 0.05) is 30.2 Å². The Kier molecular flexibility index (Phi) is 6.63. The highest BCUT2D eigenvalue weighted by Gasteiger charge is 2.11. The predicted octanol–water partition coefficient (Wildman–Crippen LogP) is 2.77. The molecule has 2 rings (SSSR count). The Morgan fingerprint density at radius 3 is 2.71 bits per heavy atom. The highest BCUT2D eigenvalue weighted by Crippen LogP contribution is 2.19. The van der Waals surface area contributed by atoms with E-state index < -0.39 is 0 Å². The van der Waals surface area contributed by atoms with Gasteiger partial charge in [-0.15, -0.1) is 11.8 Å². The van der Waals surface area contributed by atoms with Crippen LogP contribution >= 0.6 is 11.8 Å². The molecule has 1 aliphatic rings. The molecule has 0 radical (unpaired) electrons. The van der Waals surface area contributed by atoms with Gasteiger partial charge in [-0.2, -0.15) is 0 Å². The number of ether oxygens (including phenoxy) is 1. The summed E-state index contributed by atoms with van der Waals surface area (Å²) in [5, 5.41) is 2.92. The van der Waals surface area contributed by atoms with E-state index in [1.165, 1.54) is 5.69 Å². The summed E-state index contributed by atoms with van der Waals surface area (Å²) in [5.74, 6) is 1.40. The van der Waals surface area contributed by atoms with Gasteiger partial charge >= 0.3 is 0 Å². The third-order valence-electron chi connectivity index (χ3n) is 3.21. The summed E-state index contributed by atoms with van der Waals surface area (Å²) in [6, 6.07) is 8.01. The summed E-state index contributed by atoms with van der Waals surface area (Å²) in [4.78, 5) is 14.1. The molecule has 0 aromatic heterocycles. The summed E-state index contributed by atoms with van der Waals surface area (Å²) in [6.07, 6.45) is 4.05.